The molecule has 4 atom stereocenters. The molecule has 14 nitrogen and oxygen atoms in total. The number of aliphatic hydroxyl groups excluding tert-OH is 2. The third-order valence-corrected chi connectivity index (χ3v) is 8.12. The second kappa shape index (κ2) is 10.2. The molecule has 1 fully saturated rings. The van der Waals surface area contributed by atoms with Crippen molar-refractivity contribution >= 4 is 46.5 Å². The number of nitrogens with zero attached hydrogens (tertiary/aromatic N) is 2. The van der Waals surface area contributed by atoms with Crippen LogP contribution in [0.3, 0.4) is 0 Å². The van der Waals surface area contributed by atoms with Gasteiger partial charge in [-0.3, -0.25) is 24.7 Å². The van der Waals surface area contributed by atoms with Crippen LogP contribution in [0.2, 0.25) is 0 Å². The number of carbonyl (C=O) groups excluding carboxylic acids is 4. The van der Waals surface area contributed by atoms with Crippen LogP contribution in [-0.4, -0.2) is 83.6 Å². The molecule has 0 saturated heterocycles. The quantitative estimate of drug-likeness (QED) is 0.190. The van der Waals surface area contributed by atoms with Crippen LogP contribution >= 0.6 is 0 Å². The summed E-state index contributed by atoms with van der Waals surface area (Å²) >= 11 is 0. The van der Waals surface area contributed by atoms with E-state index in [0.717, 1.165) is 0 Å². The zero-order chi connectivity index (χ0) is 30.7. The molecule has 2 unspecified atom stereocenters. The van der Waals surface area contributed by atoms with E-state index in [2.05, 4.69) is 16.2 Å². The first-order valence-corrected chi connectivity index (χ1v) is 13.1. The molecular weight excluding hydrogens is 548 g/mol. The van der Waals surface area contributed by atoms with E-state index in [0.29, 0.717) is 17.1 Å². The number of ketones is 2. The topological polar surface area (TPSA) is 211 Å². The van der Waals surface area contributed by atoms with Crippen LogP contribution in [-0.2, 0) is 20.8 Å². The lowest BCUT2D eigenvalue weighted by atomic mass is 9.57. The first kappa shape index (κ1) is 28.7. The Labute approximate surface area is 240 Å². The van der Waals surface area contributed by atoms with E-state index < -0.39 is 64.1 Å². The number of primary amides is 1. The van der Waals surface area contributed by atoms with Crippen molar-refractivity contribution in [3.05, 3.63) is 58.6 Å². The molecule has 0 spiro atoms. The average molecular weight is 581 g/mol. The number of hydrazine groups is 1. The van der Waals surface area contributed by atoms with E-state index in [4.69, 9.17) is 10.2 Å². The van der Waals surface area contributed by atoms with Crippen LogP contribution in [0.5, 0.6) is 0 Å². The predicted octanol–water partition coefficient (Wildman–Crippen LogP) is 1.07. The first-order valence-electron chi connectivity index (χ1n) is 13.1. The number of nitrogens with one attached hydrogen (secondary N) is 3. The number of hydrogen-bond donors (Lipinski definition) is 7. The molecule has 1 heterocycles. The number of Topliss-reactive ketones (excluding diaryl/α,β-unsaturated/α-hetero) is 2. The fraction of sp³-hybridized carbons (Fsp3) is 0.357. The Kier molecular flexibility index (Phi) is 6.99. The van der Waals surface area contributed by atoms with Crippen molar-refractivity contribution in [3.63, 3.8) is 0 Å². The lowest BCUT2D eigenvalue weighted by molar-refractivity contribution is -0.153. The van der Waals surface area contributed by atoms with E-state index in [1.165, 1.54) is 17.2 Å². The number of hydrogen-bond acceptors (Lipinski definition) is 11. The van der Waals surface area contributed by atoms with Crippen LogP contribution in [0.4, 0.5) is 22.1 Å². The van der Waals surface area contributed by atoms with Gasteiger partial charge in [-0.2, -0.15) is 0 Å². The van der Waals surface area contributed by atoms with Crippen LogP contribution in [0.25, 0.3) is 5.76 Å². The van der Waals surface area contributed by atoms with E-state index in [1.54, 1.807) is 51.3 Å². The number of amides is 3. The van der Waals surface area contributed by atoms with Crippen molar-refractivity contribution in [2.45, 2.75) is 24.5 Å². The van der Waals surface area contributed by atoms with Crippen LogP contribution in [0.15, 0.2) is 51.9 Å². The minimum atomic E-state index is -2.66. The second-order valence-electron chi connectivity index (χ2n) is 11.1. The Hall–Kier alpha value is -4.82. The zero-order valence-corrected chi connectivity index (χ0v) is 23.4. The van der Waals surface area contributed by atoms with E-state index in [-0.39, 0.29) is 29.7 Å². The third-order valence-electron chi connectivity index (χ3n) is 8.12. The van der Waals surface area contributed by atoms with Crippen molar-refractivity contribution in [1.82, 2.24) is 10.3 Å². The van der Waals surface area contributed by atoms with E-state index >= 15 is 0 Å². The number of furan rings is 1. The standard InChI is InChI=1S/C28H32N6O8/c1-33(2)17-11-13(30-27(40)32-31-18-6-5-7-42-18)10-15-14(17)8-12-9-16-21(34(3)4)23(36)20(26(29)39)25(38)28(16,41)24(37)19(12)22(15)35/h5-7,10-12,16,21,31,35,38,41H,8-9H2,1-4H3,(H2,29,39)(H2,30,32,40)/t12?,16?,21-,28-/m0/s1. The molecule has 5 rings (SSSR count). The molecule has 222 valence electrons. The summed E-state index contributed by atoms with van der Waals surface area (Å²) in [5.74, 6) is -6.06. The Bertz CT molecular complexity index is 1560. The number of urea groups is 1. The fourth-order valence-corrected chi connectivity index (χ4v) is 6.33. The summed E-state index contributed by atoms with van der Waals surface area (Å²) < 4.78 is 5.11. The zero-order valence-electron chi connectivity index (χ0n) is 23.4. The third kappa shape index (κ3) is 4.35. The van der Waals surface area contributed by atoms with Gasteiger partial charge in [-0.25, -0.2) is 10.2 Å². The normalized spacial score (nSPS) is 25.0. The van der Waals surface area contributed by atoms with Crippen LogP contribution < -0.4 is 26.8 Å². The number of rotatable bonds is 6. The molecule has 0 aliphatic heterocycles. The van der Waals surface area contributed by atoms with Gasteiger partial charge in [0.05, 0.1) is 12.3 Å². The first-order chi connectivity index (χ1) is 19.8. The molecule has 1 aromatic carbocycles. The molecule has 3 amide bonds. The van der Waals surface area contributed by atoms with Gasteiger partial charge in [0.15, 0.2) is 11.4 Å². The maximum Gasteiger partial charge on any atom is 0.337 e. The highest BCUT2D eigenvalue weighted by Gasteiger charge is 2.64. The molecule has 14 heteroatoms. The average Bonchev–Trinajstić information content (AvgIpc) is 3.43. The summed E-state index contributed by atoms with van der Waals surface area (Å²) in [6, 6.07) is 4.68. The van der Waals surface area contributed by atoms with Crippen LogP contribution in [0.1, 0.15) is 17.5 Å². The molecule has 3 aliphatic rings. The Morgan fingerprint density at radius 2 is 1.86 bits per heavy atom. The second-order valence-corrected chi connectivity index (χ2v) is 11.1. The monoisotopic (exact) mass is 580 g/mol. The van der Waals surface area contributed by atoms with Crippen molar-refractivity contribution in [3.8, 4) is 0 Å². The Morgan fingerprint density at radius 1 is 1.14 bits per heavy atom. The fourth-order valence-electron chi connectivity index (χ4n) is 6.33. The maximum absolute atomic E-state index is 14.0. The van der Waals surface area contributed by atoms with Gasteiger partial charge in [0.25, 0.3) is 5.91 Å². The largest absolute Gasteiger partial charge is 0.508 e. The van der Waals surface area contributed by atoms with Crippen molar-refractivity contribution in [2.75, 3.05) is 43.8 Å². The predicted molar refractivity (Wildman–Crippen MR) is 151 cm³/mol. The van der Waals surface area contributed by atoms with Crippen molar-refractivity contribution < 1.29 is 38.9 Å². The summed E-state index contributed by atoms with van der Waals surface area (Å²) in [6.07, 6.45) is 1.73. The molecule has 2 aromatic rings. The van der Waals surface area contributed by atoms with Gasteiger partial charge < -0.3 is 35.7 Å². The number of likely N-dealkylation sites (N-methyl/N-ethyl adjacent to an activating group) is 1. The lowest BCUT2D eigenvalue weighted by Crippen LogP contribution is -2.65. The minimum Gasteiger partial charge on any atom is -0.508 e. The van der Waals surface area contributed by atoms with Gasteiger partial charge in [-0.05, 0) is 56.6 Å². The molecule has 0 radical (unpaired) electrons. The molecule has 1 saturated carbocycles. The summed E-state index contributed by atoms with van der Waals surface area (Å²) in [5, 5.41) is 36.9. The lowest BCUT2D eigenvalue weighted by Gasteiger charge is -2.50. The molecule has 8 N–H and O–H groups in total. The van der Waals surface area contributed by atoms with Gasteiger partial charge in [0.1, 0.15) is 17.1 Å². The Morgan fingerprint density at radius 3 is 2.45 bits per heavy atom. The number of nitrogens with two attached hydrogens (primary N) is 1. The van der Waals surface area contributed by atoms with Crippen molar-refractivity contribution in [2.24, 2.45) is 17.6 Å². The van der Waals surface area contributed by atoms with Gasteiger partial charge in [0, 0.05) is 48.6 Å². The molecule has 42 heavy (non-hydrogen) atoms. The van der Waals surface area contributed by atoms with E-state index in [1.807, 2.05) is 0 Å². The number of benzene rings is 1. The van der Waals surface area contributed by atoms with Crippen LogP contribution in [0, 0.1) is 11.8 Å². The van der Waals surface area contributed by atoms with E-state index in [9.17, 15) is 34.5 Å². The number of anilines is 3. The minimum absolute atomic E-state index is 0.0412. The van der Waals surface area contributed by atoms with Gasteiger partial charge in [0.2, 0.25) is 11.7 Å². The molecule has 0 bridgehead atoms. The SMILES string of the molecule is CN(C)c1cc(NC(=O)NNc2ccco2)cc2c1CC1CC3[C@H](N(C)C)C(=O)C(C(N)=O)=C(O)[C@@]3(O)C(=O)C1=C2O. The summed E-state index contributed by atoms with van der Waals surface area (Å²) in [5.41, 5.74) is 8.62. The highest BCUT2D eigenvalue weighted by Crippen LogP contribution is 2.52. The smallest absolute Gasteiger partial charge is 0.337 e. The molecular formula is C28H32N6O8. The number of fused-ring (bicyclic) bond motifs is 3. The van der Waals surface area contributed by atoms with Gasteiger partial charge in [-0.15, -0.1) is 0 Å². The number of carbonyl (C=O) groups is 4. The summed E-state index contributed by atoms with van der Waals surface area (Å²) in [6.45, 7) is 0. The Balaban J connectivity index is 1.58. The summed E-state index contributed by atoms with van der Waals surface area (Å²) in [4.78, 5) is 55.2. The van der Waals surface area contributed by atoms with Crippen molar-refractivity contribution in [1.29, 1.82) is 0 Å². The van der Waals surface area contributed by atoms with Gasteiger partial charge >= 0.3 is 6.03 Å². The van der Waals surface area contributed by atoms with Gasteiger partial charge in [-0.1, -0.05) is 0 Å². The highest BCUT2D eigenvalue weighted by molar-refractivity contribution is 6.24. The molecule has 1 aromatic heterocycles. The highest BCUT2D eigenvalue weighted by atomic mass is 16.4. The molecule has 3 aliphatic carbocycles. The maximum atomic E-state index is 14.0. The number of aliphatic hydroxyl groups is 3. The summed E-state index contributed by atoms with van der Waals surface area (Å²) in [7, 11) is 6.70.